The maximum Gasteiger partial charge on any atom is 0.234 e. The summed E-state index contributed by atoms with van der Waals surface area (Å²) in [7, 11) is 1.84. The van der Waals surface area contributed by atoms with Gasteiger partial charge in [-0.1, -0.05) is 29.3 Å². The van der Waals surface area contributed by atoms with E-state index in [0.717, 1.165) is 18.4 Å². The zero-order chi connectivity index (χ0) is 16.3. The highest BCUT2D eigenvalue weighted by molar-refractivity contribution is 6.35. The number of nitrogens with zero attached hydrogens (tertiary/aromatic N) is 1. The highest BCUT2D eigenvalue weighted by Gasteiger charge is 2.30. The Morgan fingerprint density at radius 1 is 1.45 bits per heavy atom. The molecule has 0 aromatic heterocycles. The van der Waals surface area contributed by atoms with Crippen molar-refractivity contribution >= 4 is 29.1 Å². The Morgan fingerprint density at radius 3 is 2.73 bits per heavy atom. The molecule has 6 heteroatoms. The van der Waals surface area contributed by atoms with Crippen LogP contribution >= 0.6 is 23.2 Å². The Hall–Kier alpha value is -0.810. The molecule has 0 radical (unpaired) electrons. The first-order valence-corrected chi connectivity index (χ1v) is 8.23. The highest BCUT2D eigenvalue weighted by atomic mass is 35.5. The molecule has 0 spiro atoms. The van der Waals surface area contributed by atoms with Gasteiger partial charge in [0.1, 0.15) is 0 Å². The van der Waals surface area contributed by atoms with Gasteiger partial charge in [0, 0.05) is 16.6 Å². The van der Waals surface area contributed by atoms with E-state index < -0.39 is 0 Å². The number of likely N-dealkylation sites (N-methyl/N-ethyl adjacent to an activating group) is 1. The van der Waals surface area contributed by atoms with Crippen molar-refractivity contribution in [1.29, 1.82) is 0 Å². The number of halogens is 2. The molecule has 2 atom stereocenters. The van der Waals surface area contributed by atoms with Crippen LogP contribution in [0.2, 0.25) is 10.0 Å². The summed E-state index contributed by atoms with van der Waals surface area (Å²) in [5.74, 6) is 0.321. The van der Waals surface area contributed by atoms with Gasteiger partial charge in [-0.2, -0.15) is 0 Å². The third-order valence-corrected chi connectivity index (χ3v) is 4.45. The first-order valence-electron chi connectivity index (χ1n) is 7.47. The van der Waals surface area contributed by atoms with Gasteiger partial charge < -0.3 is 10.4 Å². The molecule has 1 aromatic rings. The fourth-order valence-electron chi connectivity index (χ4n) is 2.48. The van der Waals surface area contributed by atoms with Crippen molar-refractivity contribution in [2.75, 3.05) is 20.1 Å². The first kappa shape index (κ1) is 17.5. The Kier molecular flexibility index (Phi) is 6.09. The summed E-state index contributed by atoms with van der Waals surface area (Å²) in [6, 6.07) is 5.04. The first-order chi connectivity index (χ1) is 10.4. The number of nitrogens with one attached hydrogen (secondary N) is 1. The number of hydrogen-bond acceptors (Lipinski definition) is 3. The summed E-state index contributed by atoms with van der Waals surface area (Å²) < 4.78 is 0. The quantitative estimate of drug-likeness (QED) is 0.799. The molecule has 22 heavy (non-hydrogen) atoms. The van der Waals surface area contributed by atoms with Gasteiger partial charge >= 0.3 is 0 Å². The minimum atomic E-state index is -0.332. The van der Waals surface area contributed by atoms with E-state index in [2.05, 4.69) is 5.32 Å². The minimum absolute atomic E-state index is 0.0935. The van der Waals surface area contributed by atoms with Crippen molar-refractivity contribution in [2.45, 2.75) is 31.9 Å². The van der Waals surface area contributed by atoms with Gasteiger partial charge in [-0.15, -0.1) is 0 Å². The molecule has 4 nitrogen and oxygen atoms in total. The standard InChI is InChI=1S/C16H22Cl2N2O2/c1-10(13-6-5-12(17)7-14(13)18)19-16(22)9-20(2)8-15(21)11-3-4-11/h5-7,10-11,15,21H,3-4,8-9H2,1-2H3,(H,19,22). The SMILES string of the molecule is CC(NC(=O)CN(C)CC(O)C1CC1)c1ccc(Cl)cc1Cl. The van der Waals surface area contributed by atoms with Crippen LogP contribution in [0.5, 0.6) is 0 Å². The van der Waals surface area contributed by atoms with E-state index in [9.17, 15) is 9.90 Å². The predicted molar refractivity (Wildman–Crippen MR) is 89.2 cm³/mol. The molecule has 1 aliphatic rings. The van der Waals surface area contributed by atoms with Crippen LogP contribution in [0.1, 0.15) is 31.4 Å². The molecule has 1 amide bonds. The van der Waals surface area contributed by atoms with E-state index >= 15 is 0 Å². The van der Waals surface area contributed by atoms with Crippen LogP contribution in [0.15, 0.2) is 18.2 Å². The van der Waals surface area contributed by atoms with E-state index in [4.69, 9.17) is 23.2 Å². The van der Waals surface area contributed by atoms with Gasteiger partial charge in [0.15, 0.2) is 0 Å². The number of aliphatic hydroxyl groups is 1. The Morgan fingerprint density at radius 2 is 2.14 bits per heavy atom. The zero-order valence-corrected chi connectivity index (χ0v) is 14.4. The lowest BCUT2D eigenvalue weighted by molar-refractivity contribution is -0.122. The number of carbonyl (C=O) groups is 1. The monoisotopic (exact) mass is 344 g/mol. The van der Waals surface area contributed by atoms with E-state index in [1.54, 1.807) is 12.1 Å². The Labute approximate surface area is 141 Å². The highest BCUT2D eigenvalue weighted by Crippen LogP contribution is 2.32. The lowest BCUT2D eigenvalue weighted by atomic mass is 10.1. The maximum atomic E-state index is 12.1. The van der Waals surface area contributed by atoms with Crippen molar-refractivity contribution in [2.24, 2.45) is 5.92 Å². The number of aliphatic hydroxyl groups excluding tert-OH is 1. The lowest BCUT2D eigenvalue weighted by Crippen LogP contribution is -2.40. The van der Waals surface area contributed by atoms with Gasteiger partial charge in [-0.05, 0) is 50.4 Å². The molecule has 0 heterocycles. The average molecular weight is 345 g/mol. The number of carbonyl (C=O) groups excluding carboxylic acids is 1. The smallest absolute Gasteiger partial charge is 0.234 e. The molecule has 122 valence electrons. The second-order valence-electron chi connectivity index (χ2n) is 6.06. The molecule has 2 unspecified atom stereocenters. The fourth-order valence-corrected chi connectivity index (χ4v) is 3.05. The predicted octanol–water partition coefficient (Wildman–Crippen LogP) is 2.87. The summed E-state index contributed by atoms with van der Waals surface area (Å²) in [6.07, 6.45) is 1.85. The fraction of sp³-hybridized carbons (Fsp3) is 0.562. The second kappa shape index (κ2) is 7.64. The molecular formula is C16H22Cl2N2O2. The van der Waals surface area contributed by atoms with Crippen LogP contribution in [-0.4, -0.2) is 42.2 Å². The van der Waals surface area contributed by atoms with Crippen molar-refractivity contribution in [1.82, 2.24) is 10.2 Å². The van der Waals surface area contributed by atoms with Crippen LogP contribution in [0.4, 0.5) is 0 Å². The molecule has 0 saturated heterocycles. The van der Waals surface area contributed by atoms with E-state index in [1.165, 1.54) is 0 Å². The number of amides is 1. The van der Waals surface area contributed by atoms with Crippen LogP contribution in [0.25, 0.3) is 0 Å². The van der Waals surface area contributed by atoms with Crippen molar-refractivity contribution in [3.8, 4) is 0 Å². The summed E-state index contributed by atoms with van der Waals surface area (Å²) in [4.78, 5) is 13.9. The molecule has 1 aromatic carbocycles. The van der Waals surface area contributed by atoms with Crippen LogP contribution in [0.3, 0.4) is 0 Å². The summed E-state index contributed by atoms with van der Waals surface area (Å²) >= 11 is 12.0. The topological polar surface area (TPSA) is 52.6 Å². The van der Waals surface area contributed by atoms with Crippen molar-refractivity contribution < 1.29 is 9.90 Å². The number of rotatable bonds is 7. The summed E-state index contributed by atoms with van der Waals surface area (Å²) in [5, 5.41) is 13.9. The van der Waals surface area contributed by atoms with E-state index in [-0.39, 0.29) is 24.6 Å². The molecule has 2 N–H and O–H groups in total. The van der Waals surface area contributed by atoms with E-state index in [1.807, 2.05) is 24.9 Å². The molecule has 0 aliphatic heterocycles. The second-order valence-corrected chi connectivity index (χ2v) is 6.90. The van der Waals surface area contributed by atoms with Gasteiger partial charge in [0.05, 0.1) is 18.7 Å². The molecule has 1 aliphatic carbocycles. The molecule has 1 saturated carbocycles. The zero-order valence-electron chi connectivity index (χ0n) is 12.9. The third-order valence-electron chi connectivity index (χ3n) is 3.88. The molecule has 2 rings (SSSR count). The molecule has 1 fully saturated rings. The Bertz CT molecular complexity index is 535. The lowest BCUT2D eigenvalue weighted by Gasteiger charge is -2.22. The number of hydrogen-bond donors (Lipinski definition) is 2. The maximum absolute atomic E-state index is 12.1. The Balaban J connectivity index is 1.82. The van der Waals surface area contributed by atoms with Crippen LogP contribution < -0.4 is 5.32 Å². The minimum Gasteiger partial charge on any atom is -0.392 e. The summed E-state index contributed by atoms with van der Waals surface area (Å²) in [5.41, 5.74) is 0.833. The van der Waals surface area contributed by atoms with Gasteiger partial charge in [0.25, 0.3) is 0 Å². The van der Waals surface area contributed by atoms with Crippen LogP contribution in [-0.2, 0) is 4.79 Å². The van der Waals surface area contributed by atoms with Crippen molar-refractivity contribution in [3.05, 3.63) is 33.8 Å². The van der Waals surface area contributed by atoms with Crippen molar-refractivity contribution in [3.63, 3.8) is 0 Å². The summed E-state index contributed by atoms with van der Waals surface area (Å²) in [6.45, 7) is 2.65. The van der Waals surface area contributed by atoms with Gasteiger partial charge in [0.2, 0.25) is 5.91 Å². The average Bonchev–Trinajstić information content (AvgIpc) is 3.21. The largest absolute Gasteiger partial charge is 0.392 e. The van der Waals surface area contributed by atoms with E-state index in [0.29, 0.717) is 22.5 Å². The van der Waals surface area contributed by atoms with Gasteiger partial charge in [-0.3, -0.25) is 9.69 Å². The number of benzene rings is 1. The third kappa shape index (κ3) is 5.13. The molecule has 0 bridgehead atoms. The normalized spacial score (nSPS) is 17.4. The van der Waals surface area contributed by atoms with Crippen LogP contribution in [0, 0.1) is 5.92 Å². The van der Waals surface area contributed by atoms with Gasteiger partial charge in [-0.25, -0.2) is 0 Å². The molecular weight excluding hydrogens is 323 g/mol.